The van der Waals surface area contributed by atoms with Crippen molar-refractivity contribution in [3.63, 3.8) is 0 Å². The minimum atomic E-state index is -0.914. The van der Waals surface area contributed by atoms with E-state index >= 15 is 0 Å². The Labute approximate surface area is 260 Å². The Kier molecular flexibility index (Phi) is 9.25. The van der Waals surface area contributed by atoms with E-state index in [0.717, 1.165) is 29.8 Å². The molecule has 232 valence electrons. The zero-order chi connectivity index (χ0) is 31.0. The van der Waals surface area contributed by atoms with Gasteiger partial charge in [0.25, 0.3) is 0 Å². The van der Waals surface area contributed by atoms with Crippen molar-refractivity contribution in [2.45, 2.75) is 25.6 Å². The SMILES string of the molecule is O=C(O)N1CCN(c2cc(-c3cc(NC(=O)N4CCC(OCc5ccccc5)CC4)cc(Nc4cnccn4)n3)ccn2)CC1. The van der Waals surface area contributed by atoms with E-state index in [1.807, 2.05) is 48.5 Å². The van der Waals surface area contributed by atoms with E-state index in [9.17, 15) is 14.7 Å². The van der Waals surface area contributed by atoms with Crippen LogP contribution >= 0.6 is 0 Å². The van der Waals surface area contributed by atoms with E-state index in [1.165, 1.54) is 4.90 Å². The first-order chi connectivity index (χ1) is 22.0. The summed E-state index contributed by atoms with van der Waals surface area (Å²) in [6, 6.07) is 17.3. The molecule has 3 N–H and O–H groups in total. The number of likely N-dealkylation sites (tertiary alicyclic amines) is 1. The van der Waals surface area contributed by atoms with Crippen LogP contribution in [0.15, 0.2) is 79.4 Å². The molecule has 1 aromatic carbocycles. The van der Waals surface area contributed by atoms with Crippen LogP contribution in [0.2, 0.25) is 0 Å². The number of anilines is 4. The number of hydrogen-bond acceptors (Lipinski definition) is 9. The van der Waals surface area contributed by atoms with E-state index in [4.69, 9.17) is 9.72 Å². The quantitative estimate of drug-likeness (QED) is 0.257. The van der Waals surface area contributed by atoms with Crippen molar-refractivity contribution in [2.75, 3.05) is 54.8 Å². The van der Waals surface area contributed by atoms with Gasteiger partial charge >= 0.3 is 12.1 Å². The van der Waals surface area contributed by atoms with Crippen molar-refractivity contribution in [1.82, 2.24) is 29.7 Å². The number of hydrogen-bond donors (Lipinski definition) is 3. The Morgan fingerprint density at radius 3 is 2.40 bits per heavy atom. The molecule has 13 heteroatoms. The van der Waals surface area contributed by atoms with Crippen LogP contribution in [0.5, 0.6) is 0 Å². The van der Waals surface area contributed by atoms with Gasteiger partial charge in [-0.05, 0) is 36.6 Å². The molecule has 0 aliphatic carbocycles. The lowest BCUT2D eigenvalue weighted by atomic mass is 10.1. The van der Waals surface area contributed by atoms with Gasteiger partial charge in [0, 0.05) is 75.2 Å². The third kappa shape index (κ3) is 7.81. The molecule has 0 atom stereocenters. The summed E-state index contributed by atoms with van der Waals surface area (Å²) in [6.45, 7) is 3.65. The number of benzene rings is 1. The minimum Gasteiger partial charge on any atom is -0.465 e. The molecule has 6 rings (SSSR count). The second kappa shape index (κ2) is 14.0. The van der Waals surface area contributed by atoms with Crippen LogP contribution in [-0.4, -0.2) is 92.3 Å². The fraction of sp³-hybridized carbons (Fsp3) is 0.312. The van der Waals surface area contributed by atoms with Gasteiger partial charge in [-0.25, -0.2) is 24.5 Å². The Hall–Kier alpha value is -5.30. The Morgan fingerprint density at radius 2 is 1.67 bits per heavy atom. The largest absolute Gasteiger partial charge is 0.465 e. The maximum absolute atomic E-state index is 13.4. The molecular formula is C32H35N9O4. The highest BCUT2D eigenvalue weighted by Gasteiger charge is 2.24. The molecule has 45 heavy (non-hydrogen) atoms. The monoisotopic (exact) mass is 609 g/mol. The third-order valence-electron chi connectivity index (χ3n) is 7.87. The third-order valence-corrected chi connectivity index (χ3v) is 7.87. The van der Waals surface area contributed by atoms with Crippen molar-refractivity contribution in [3.8, 4) is 11.3 Å². The number of piperazine rings is 1. The van der Waals surface area contributed by atoms with Crippen molar-refractivity contribution in [3.05, 3.63) is 84.9 Å². The van der Waals surface area contributed by atoms with Crippen molar-refractivity contribution in [1.29, 1.82) is 0 Å². The molecule has 0 saturated carbocycles. The molecule has 0 unspecified atom stereocenters. The zero-order valence-corrected chi connectivity index (χ0v) is 24.7. The number of carbonyl (C=O) groups excluding carboxylic acids is 1. The van der Waals surface area contributed by atoms with Gasteiger partial charge < -0.3 is 35.2 Å². The number of pyridine rings is 2. The normalized spacial score (nSPS) is 15.5. The van der Waals surface area contributed by atoms with Crippen molar-refractivity contribution in [2.24, 2.45) is 0 Å². The Morgan fingerprint density at radius 1 is 0.867 bits per heavy atom. The molecular weight excluding hydrogens is 574 g/mol. The molecule has 3 amide bonds. The standard InChI is InChI=1S/C32H35N9O4/c42-31(40-12-7-26(8-13-40)45-22-23-4-2-1-3-5-23)36-25-19-27(37-28(20-25)38-29-21-33-10-11-34-29)24-6-9-35-30(18-24)39-14-16-41(17-15-39)32(43)44/h1-6,9-11,18-21,26H,7-8,12-17,22H2,(H,43,44)(H2,34,36,37,38,42). The Bertz CT molecular complexity index is 1590. The molecule has 3 aromatic heterocycles. The summed E-state index contributed by atoms with van der Waals surface area (Å²) < 4.78 is 6.10. The smallest absolute Gasteiger partial charge is 0.407 e. The van der Waals surface area contributed by atoms with Gasteiger partial charge in [0.15, 0.2) is 0 Å². The first kappa shape index (κ1) is 29.8. The summed E-state index contributed by atoms with van der Waals surface area (Å²) in [7, 11) is 0. The van der Waals surface area contributed by atoms with Gasteiger partial charge in [0.1, 0.15) is 17.5 Å². The highest BCUT2D eigenvalue weighted by atomic mass is 16.5. The van der Waals surface area contributed by atoms with Crippen LogP contribution < -0.4 is 15.5 Å². The predicted octanol–water partition coefficient (Wildman–Crippen LogP) is 4.69. The Balaban J connectivity index is 1.15. The van der Waals surface area contributed by atoms with Crippen LogP contribution in [-0.2, 0) is 11.3 Å². The van der Waals surface area contributed by atoms with E-state index in [-0.39, 0.29) is 12.1 Å². The van der Waals surface area contributed by atoms with E-state index in [1.54, 1.807) is 35.8 Å². The molecule has 4 aromatic rings. The van der Waals surface area contributed by atoms with Crippen LogP contribution in [0.4, 0.5) is 32.7 Å². The summed E-state index contributed by atoms with van der Waals surface area (Å²) in [5.74, 6) is 1.74. The number of carboxylic acid groups (broad SMARTS) is 1. The van der Waals surface area contributed by atoms with Crippen LogP contribution in [0, 0.1) is 0 Å². The number of carbonyl (C=O) groups is 2. The summed E-state index contributed by atoms with van der Waals surface area (Å²) in [5, 5.41) is 15.5. The summed E-state index contributed by atoms with van der Waals surface area (Å²) in [4.78, 5) is 47.7. The molecule has 2 fully saturated rings. The highest BCUT2D eigenvalue weighted by Crippen LogP contribution is 2.28. The van der Waals surface area contributed by atoms with E-state index in [2.05, 4.69) is 30.5 Å². The van der Waals surface area contributed by atoms with Gasteiger partial charge in [-0.1, -0.05) is 30.3 Å². The second-order valence-corrected chi connectivity index (χ2v) is 10.9. The molecule has 0 bridgehead atoms. The number of aromatic nitrogens is 4. The first-order valence-electron chi connectivity index (χ1n) is 15.0. The van der Waals surface area contributed by atoms with Crippen molar-refractivity contribution >= 4 is 35.3 Å². The van der Waals surface area contributed by atoms with Crippen LogP contribution in [0.25, 0.3) is 11.3 Å². The lowest BCUT2D eigenvalue weighted by molar-refractivity contribution is 0.00540. The topological polar surface area (TPSA) is 149 Å². The highest BCUT2D eigenvalue weighted by molar-refractivity contribution is 5.91. The number of nitrogens with zero attached hydrogens (tertiary/aromatic N) is 7. The zero-order valence-electron chi connectivity index (χ0n) is 24.7. The van der Waals surface area contributed by atoms with Gasteiger partial charge in [0.05, 0.1) is 24.6 Å². The van der Waals surface area contributed by atoms with Crippen LogP contribution in [0.1, 0.15) is 18.4 Å². The van der Waals surface area contributed by atoms with Gasteiger partial charge in [-0.3, -0.25) is 4.98 Å². The fourth-order valence-corrected chi connectivity index (χ4v) is 5.40. The molecule has 2 saturated heterocycles. The molecule has 0 radical (unpaired) electrons. The second-order valence-electron chi connectivity index (χ2n) is 10.9. The van der Waals surface area contributed by atoms with Crippen LogP contribution in [0.3, 0.4) is 0 Å². The first-order valence-corrected chi connectivity index (χ1v) is 15.0. The number of amides is 3. The number of rotatable bonds is 8. The molecule has 2 aliphatic rings. The summed E-state index contributed by atoms with van der Waals surface area (Å²) in [5.41, 5.74) is 3.14. The number of urea groups is 1. The predicted molar refractivity (Wildman–Crippen MR) is 169 cm³/mol. The fourth-order valence-electron chi connectivity index (χ4n) is 5.40. The maximum Gasteiger partial charge on any atom is 0.407 e. The lowest BCUT2D eigenvalue weighted by Gasteiger charge is -2.34. The van der Waals surface area contributed by atoms with Gasteiger partial charge in [-0.15, -0.1) is 0 Å². The molecule has 5 heterocycles. The molecule has 0 spiro atoms. The van der Waals surface area contributed by atoms with Crippen molar-refractivity contribution < 1.29 is 19.4 Å². The lowest BCUT2D eigenvalue weighted by Crippen LogP contribution is -2.48. The summed E-state index contributed by atoms with van der Waals surface area (Å²) >= 11 is 0. The average Bonchev–Trinajstić information content (AvgIpc) is 3.08. The minimum absolute atomic E-state index is 0.109. The van der Waals surface area contributed by atoms with Gasteiger partial charge in [-0.2, -0.15) is 0 Å². The van der Waals surface area contributed by atoms with Gasteiger partial charge in [0.2, 0.25) is 0 Å². The maximum atomic E-state index is 13.4. The number of piperidine rings is 1. The van der Waals surface area contributed by atoms with E-state index in [0.29, 0.717) is 68.9 Å². The molecule has 13 nitrogen and oxygen atoms in total. The number of nitrogens with one attached hydrogen (secondary N) is 2. The number of ether oxygens (including phenoxy) is 1. The molecule has 2 aliphatic heterocycles. The van der Waals surface area contributed by atoms with E-state index < -0.39 is 6.09 Å². The average molecular weight is 610 g/mol. The summed E-state index contributed by atoms with van der Waals surface area (Å²) in [6.07, 6.45) is 7.20.